The van der Waals surface area contributed by atoms with Crippen molar-refractivity contribution < 1.29 is 14.6 Å². The SMILES string of the molecule is O=C(O)C(=CC1CCOCC1)c1ccc(-n2cncn2)cc1. The summed E-state index contributed by atoms with van der Waals surface area (Å²) in [4.78, 5) is 15.5. The van der Waals surface area contributed by atoms with Crippen molar-refractivity contribution in [2.45, 2.75) is 12.8 Å². The van der Waals surface area contributed by atoms with E-state index >= 15 is 0 Å². The molecule has 2 heterocycles. The van der Waals surface area contributed by atoms with E-state index in [1.807, 2.05) is 18.2 Å². The van der Waals surface area contributed by atoms with Crippen molar-refractivity contribution in [2.75, 3.05) is 13.2 Å². The lowest BCUT2D eigenvalue weighted by Gasteiger charge is -2.19. The average molecular weight is 299 g/mol. The van der Waals surface area contributed by atoms with Gasteiger partial charge in [0.25, 0.3) is 0 Å². The third-order valence-corrected chi connectivity index (χ3v) is 3.76. The molecule has 0 atom stereocenters. The summed E-state index contributed by atoms with van der Waals surface area (Å²) in [6.45, 7) is 1.39. The molecule has 22 heavy (non-hydrogen) atoms. The average Bonchev–Trinajstić information content (AvgIpc) is 3.08. The Bertz CT molecular complexity index is 656. The molecule has 1 N–H and O–H groups in total. The number of carboxylic acids is 1. The van der Waals surface area contributed by atoms with E-state index in [4.69, 9.17) is 4.74 Å². The number of hydrogen-bond donors (Lipinski definition) is 1. The summed E-state index contributed by atoms with van der Waals surface area (Å²) in [5.74, 6) is -0.644. The number of rotatable bonds is 4. The van der Waals surface area contributed by atoms with Crippen molar-refractivity contribution in [3.63, 3.8) is 0 Å². The van der Waals surface area contributed by atoms with Crippen LogP contribution in [-0.4, -0.2) is 39.1 Å². The van der Waals surface area contributed by atoms with Gasteiger partial charge in [0.15, 0.2) is 0 Å². The Morgan fingerprint density at radius 1 is 1.27 bits per heavy atom. The van der Waals surface area contributed by atoms with Gasteiger partial charge in [-0.3, -0.25) is 0 Å². The van der Waals surface area contributed by atoms with Crippen LogP contribution in [0.1, 0.15) is 18.4 Å². The second-order valence-corrected chi connectivity index (χ2v) is 5.22. The van der Waals surface area contributed by atoms with Crippen molar-refractivity contribution in [1.29, 1.82) is 0 Å². The minimum Gasteiger partial charge on any atom is -0.478 e. The van der Waals surface area contributed by atoms with Crippen molar-refractivity contribution >= 4 is 11.5 Å². The summed E-state index contributed by atoms with van der Waals surface area (Å²) in [5, 5.41) is 13.5. The molecule has 0 radical (unpaired) electrons. The fourth-order valence-corrected chi connectivity index (χ4v) is 2.54. The number of carbonyl (C=O) groups is 1. The van der Waals surface area contributed by atoms with Crippen molar-refractivity contribution in [3.8, 4) is 5.69 Å². The largest absolute Gasteiger partial charge is 0.478 e. The molecule has 1 aliphatic heterocycles. The van der Waals surface area contributed by atoms with E-state index in [-0.39, 0.29) is 5.92 Å². The lowest BCUT2D eigenvalue weighted by Crippen LogP contribution is -2.15. The van der Waals surface area contributed by atoms with E-state index in [0.717, 1.165) is 18.5 Å². The summed E-state index contributed by atoms with van der Waals surface area (Å²) in [6, 6.07) is 7.28. The van der Waals surface area contributed by atoms with Crippen LogP contribution in [0.2, 0.25) is 0 Å². The van der Waals surface area contributed by atoms with E-state index in [9.17, 15) is 9.90 Å². The van der Waals surface area contributed by atoms with E-state index < -0.39 is 5.97 Å². The summed E-state index contributed by atoms with van der Waals surface area (Å²) < 4.78 is 6.94. The van der Waals surface area contributed by atoms with Crippen LogP contribution in [-0.2, 0) is 9.53 Å². The number of hydrogen-bond acceptors (Lipinski definition) is 4. The third-order valence-electron chi connectivity index (χ3n) is 3.76. The Balaban J connectivity index is 1.85. The maximum absolute atomic E-state index is 11.6. The predicted molar refractivity (Wildman–Crippen MR) is 80.5 cm³/mol. The number of nitrogens with zero attached hydrogens (tertiary/aromatic N) is 3. The zero-order valence-corrected chi connectivity index (χ0v) is 12.1. The summed E-state index contributed by atoms with van der Waals surface area (Å²) >= 11 is 0. The molecule has 0 bridgehead atoms. The predicted octanol–water partition coefficient (Wildman–Crippen LogP) is 2.16. The van der Waals surface area contributed by atoms with Gasteiger partial charge < -0.3 is 9.84 Å². The first-order valence-electron chi connectivity index (χ1n) is 7.22. The normalized spacial score (nSPS) is 16.6. The topological polar surface area (TPSA) is 77.2 Å². The van der Waals surface area contributed by atoms with E-state index in [1.165, 1.54) is 6.33 Å². The van der Waals surface area contributed by atoms with Gasteiger partial charge in [-0.05, 0) is 36.5 Å². The smallest absolute Gasteiger partial charge is 0.335 e. The van der Waals surface area contributed by atoms with Crippen LogP contribution in [0.4, 0.5) is 0 Å². The van der Waals surface area contributed by atoms with Gasteiger partial charge in [-0.15, -0.1) is 0 Å². The molecule has 1 aliphatic rings. The van der Waals surface area contributed by atoms with Crippen LogP contribution in [0, 0.1) is 5.92 Å². The summed E-state index contributed by atoms with van der Waals surface area (Å²) in [5.41, 5.74) is 1.89. The lowest BCUT2D eigenvalue weighted by molar-refractivity contribution is -0.130. The molecular formula is C16H17N3O3. The fraction of sp³-hybridized carbons (Fsp3) is 0.312. The highest BCUT2D eigenvalue weighted by Gasteiger charge is 2.17. The Morgan fingerprint density at radius 2 is 2.00 bits per heavy atom. The van der Waals surface area contributed by atoms with Crippen LogP contribution < -0.4 is 0 Å². The number of carboxylic acid groups (broad SMARTS) is 1. The van der Waals surface area contributed by atoms with Gasteiger partial charge in [-0.2, -0.15) is 5.10 Å². The second kappa shape index (κ2) is 6.53. The van der Waals surface area contributed by atoms with E-state index in [2.05, 4.69) is 10.1 Å². The van der Waals surface area contributed by atoms with Gasteiger partial charge in [-0.25, -0.2) is 14.5 Å². The molecular weight excluding hydrogens is 282 g/mol. The molecule has 1 fully saturated rings. The van der Waals surface area contributed by atoms with E-state index in [0.29, 0.717) is 24.4 Å². The van der Waals surface area contributed by atoms with Crippen LogP contribution in [0.15, 0.2) is 43.0 Å². The first-order chi connectivity index (χ1) is 10.7. The van der Waals surface area contributed by atoms with Crippen molar-refractivity contribution in [3.05, 3.63) is 48.6 Å². The quantitative estimate of drug-likeness (QED) is 0.875. The van der Waals surface area contributed by atoms with E-state index in [1.54, 1.807) is 23.1 Å². The molecule has 0 aliphatic carbocycles. The highest BCUT2D eigenvalue weighted by Crippen LogP contribution is 2.24. The molecule has 1 saturated heterocycles. The first kappa shape index (κ1) is 14.5. The highest BCUT2D eigenvalue weighted by atomic mass is 16.5. The molecule has 1 aromatic heterocycles. The Kier molecular flexibility index (Phi) is 4.29. The van der Waals surface area contributed by atoms with Gasteiger partial charge in [0.05, 0.1) is 11.3 Å². The van der Waals surface area contributed by atoms with Crippen LogP contribution in [0.5, 0.6) is 0 Å². The lowest BCUT2D eigenvalue weighted by atomic mass is 9.94. The highest BCUT2D eigenvalue weighted by molar-refractivity contribution is 6.15. The first-order valence-corrected chi connectivity index (χ1v) is 7.22. The fourth-order valence-electron chi connectivity index (χ4n) is 2.54. The van der Waals surface area contributed by atoms with Gasteiger partial charge in [0, 0.05) is 13.2 Å². The minimum absolute atomic E-state index is 0.259. The Hall–Kier alpha value is -2.47. The Labute approximate surface area is 128 Å². The number of benzene rings is 1. The van der Waals surface area contributed by atoms with Gasteiger partial charge in [-0.1, -0.05) is 18.2 Å². The van der Waals surface area contributed by atoms with Crippen molar-refractivity contribution in [2.24, 2.45) is 5.92 Å². The zero-order valence-electron chi connectivity index (χ0n) is 12.1. The molecule has 3 rings (SSSR count). The maximum Gasteiger partial charge on any atom is 0.335 e. The monoisotopic (exact) mass is 299 g/mol. The zero-order chi connectivity index (χ0) is 15.4. The standard InChI is InChI=1S/C16H17N3O3/c20-16(21)15(9-12-5-7-22-8-6-12)13-1-3-14(4-2-13)19-11-17-10-18-19/h1-4,9-12H,5-8H2,(H,20,21). The molecule has 0 spiro atoms. The molecule has 0 unspecified atom stereocenters. The number of aromatic nitrogens is 3. The minimum atomic E-state index is -0.903. The molecule has 1 aromatic carbocycles. The summed E-state index contributed by atoms with van der Waals surface area (Å²) in [6.07, 6.45) is 6.66. The molecule has 6 nitrogen and oxygen atoms in total. The maximum atomic E-state index is 11.6. The van der Waals surface area contributed by atoms with Crippen LogP contribution in [0.25, 0.3) is 11.3 Å². The number of aliphatic carboxylic acids is 1. The van der Waals surface area contributed by atoms with Gasteiger partial charge >= 0.3 is 5.97 Å². The molecule has 0 amide bonds. The van der Waals surface area contributed by atoms with Crippen molar-refractivity contribution in [1.82, 2.24) is 14.8 Å². The van der Waals surface area contributed by atoms with Crippen LogP contribution in [0.3, 0.4) is 0 Å². The summed E-state index contributed by atoms with van der Waals surface area (Å²) in [7, 11) is 0. The second-order valence-electron chi connectivity index (χ2n) is 5.22. The molecule has 6 heteroatoms. The number of ether oxygens (including phenoxy) is 1. The van der Waals surface area contributed by atoms with Crippen LogP contribution >= 0.6 is 0 Å². The third kappa shape index (κ3) is 3.23. The molecule has 114 valence electrons. The van der Waals surface area contributed by atoms with Gasteiger partial charge in [0.2, 0.25) is 0 Å². The number of allylic oxidation sites excluding steroid dienone is 1. The Morgan fingerprint density at radius 3 is 2.59 bits per heavy atom. The van der Waals surface area contributed by atoms with Gasteiger partial charge in [0.1, 0.15) is 12.7 Å². The molecule has 0 saturated carbocycles. The molecule has 2 aromatic rings.